The van der Waals surface area contributed by atoms with Crippen LogP contribution in [-0.4, -0.2) is 18.1 Å². The summed E-state index contributed by atoms with van der Waals surface area (Å²) < 4.78 is 9.59. The number of hydrogen-bond donors (Lipinski definition) is 1. The number of anilines is 1. The van der Waals surface area contributed by atoms with Crippen molar-refractivity contribution >= 4 is 28.8 Å². The number of unbranched alkanes of at least 4 members (excludes halogenated alkanes) is 1. The number of amides is 1. The Labute approximate surface area is 110 Å². The van der Waals surface area contributed by atoms with Crippen molar-refractivity contribution in [2.45, 2.75) is 19.8 Å². The van der Waals surface area contributed by atoms with Gasteiger partial charge in [0.2, 0.25) is 0 Å². The van der Waals surface area contributed by atoms with Crippen molar-refractivity contribution < 1.29 is 19.1 Å². The van der Waals surface area contributed by atoms with E-state index in [0.717, 1.165) is 12.8 Å². The van der Waals surface area contributed by atoms with Gasteiger partial charge < -0.3 is 9.47 Å². The maximum absolute atomic E-state index is 11.4. The third-order valence-corrected chi connectivity index (χ3v) is 2.09. The summed E-state index contributed by atoms with van der Waals surface area (Å²) in [5.74, 6) is 0.251. The molecule has 0 radical (unpaired) electrons. The predicted molar refractivity (Wildman–Crippen MR) is 68.2 cm³/mol. The fourth-order valence-corrected chi connectivity index (χ4v) is 1.28. The molecule has 0 fully saturated rings. The molecule has 1 aromatic rings. The lowest BCUT2D eigenvalue weighted by molar-refractivity contribution is 0.160. The van der Waals surface area contributed by atoms with E-state index < -0.39 is 11.5 Å². The lowest BCUT2D eigenvalue weighted by atomic mass is 10.3. The van der Waals surface area contributed by atoms with Gasteiger partial charge in [-0.05, 0) is 18.6 Å². The van der Waals surface area contributed by atoms with E-state index in [2.05, 4.69) is 10.1 Å². The first-order chi connectivity index (χ1) is 8.61. The normalized spacial score (nSPS) is 9.67. The third kappa shape index (κ3) is 5.54. The van der Waals surface area contributed by atoms with Crippen LogP contribution >= 0.6 is 11.6 Å². The van der Waals surface area contributed by atoms with E-state index in [0.29, 0.717) is 12.3 Å². The SMILES string of the molecule is CCCCOC(=O)Nc1cccc(OC(=O)Cl)c1. The molecule has 0 spiro atoms. The number of halogens is 1. The Kier molecular flexibility index (Phi) is 6.00. The molecule has 1 amide bonds. The zero-order valence-corrected chi connectivity index (χ0v) is 10.7. The van der Waals surface area contributed by atoms with Gasteiger partial charge in [0.1, 0.15) is 5.75 Å². The van der Waals surface area contributed by atoms with Crippen molar-refractivity contribution in [3.63, 3.8) is 0 Å². The van der Waals surface area contributed by atoms with E-state index in [1.54, 1.807) is 18.2 Å². The van der Waals surface area contributed by atoms with Crippen LogP contribution in [0.3, 0.4) is 0 Å². The largest absolute Gasteiger partial charge is 0.449 e. The van der Waals surface area contributed by atoms with Crippen LogP contribution in [0.2, 0.25) is 0 Å². The van der Waals surface area contributed by atoms with Crippen molar-refractivity contribution in [3.05, 3.63) is 24.3 Å². The first-order valence-electron chi connectivity index (χ1n) is 5.53. The quantitative estimate of drug-likeness (QED) is 0.654. The predicted octanol–water partition coefficient (Wildman–Crippen LogP) is 3.77. The minimum absolute atomic E-state index is 0.251. The van der Waals surface area contributed by atoms with Crippen LogP contribution in [-0.2, 0) is 4.74 Å². The summed E-state index contributed by atoms with van der Waals surface area (Å²) in [6.45, 7) is 2.38. The van der Waals surface area contributed by atoms with Gasteiger partial charge in [0.15, 0.2) is 0 Å². The monoisotopic (exact) mass is 271 g/mol. The molecule has 18 heavy (non-hydrogen) atoms. The Balaban J connectivity index is 2.51. The molecule has 1 N–H and O–H groups in total. The summed E-state index contributed by atoms with van der Waals surface area (Å²) >= 11 is 5.08. The molecule has 0 aliphatic carbocycles. The average molecular weight is 272 g/mol. The van der Waals surface area contributed by atoms with Crippen LogP contribution in [0.25, 0.3) is 0 Å². The van der Waals surface area contributed by atoms with Crippen LogP contribution in [0, 0.1) is 0 Å². The first-order valence-corrected chi connectivity index (χ1v) is 5.90. The third-order valence-electron chi connectivity index (χ3n) is 2.01. The van der Waals surface area contributed by atoms with Crippen molar-refractivity contribution in [2.75, 3.05) is 11.9 Å². The number of nitrogens with one attached hydrogen (secondary N) is 1. The second kappa shape index (κ2) is 7.55. The molecular weight excluding hydrogens is 258 g/mol. The Morgan fingerprint density at radius 2 is 2.17 bits per heavy atom. The minimum atomic E-state index is -0.933. The average Bonchev–Trinajstić information content (AvgIpc) is 2.28. The van der Waals surface area contributed by atoms with Crippen molar-refractivity contribution in [3.8, 4) is 5.75 Å². The van der Waals surface area contributed by atoms with Crippen LogP contribution in [0.1, 0.15) is 19.8 Å². The highest BCUT2D eigenvalue weighted by Gasteiger charge is 2.05. The summed E-state index contributed by atoms with van der Waals surface area (Å²) in [5, 5.41) is 2.52. The summed E-state index contributed by atoms with van der Waals surface area (Å²) in [6, 6.07) is 6.29. The molecule has 0 bridgehead atoms. The van der Waals surface area contributed by atoms with Gasteiger partial charge in [-0.3, -0.25) is 5.32 Å². The van der Waals surface area contributed by atoms with E-state index in [1.165, 1.54) is 6.07 Å². The topological polar surface area (TPSA) is 64.6 Å². The van der Waals surface area contributed by atoms with Gasteiger partial charge >= 0.3 is 11.5 Å². The highest BCUT2D eigenvalue weighted by molar-refractivity contribution is 6.61. The molecule has 0 heterocycles. The minimum Gasteiger partial charge on any atom is -0.449 e. The van der Waals surface area contributed by atoms with Gasteiger partial charge in [0, 0.05) is 23.4 Å². The molecule has 1 rings (SSSR count). The van der Waals surface area contributed by atoms with Crippen LogP contribution in [0.15, 0.2) is 24.3 Å². The fourth-order valence-electron chi connectivity index (χ4n) is 1.19. The van der Waals surface area contributed by atoms with E-state index in [-0.39, 0.29) is 5.75 Å². The standard InChI is InChI=1S/C12H14ClNO4/c1-2-3-7-17-12(16)14-9-5-4-6-10(8-9)18-11(13)15/h4-6,8H,2-3,7H2,1H3,(H,14,16). The zero-order valence-electron chi connectivity index (χ0n) is 9.94. The number of carbonyl (C=O) groups is 2. The number of benzene rings is 1. The van der Waals surface area contributed by atoms with Crippen molar-refractivity contribution in [2.24, 2.45) is 0 Å². The van der Waals surface area contributed by atoms with E-state index >= 15 is 0 Å². The van der Waals surface area contributed by atoms with Crippen LogP contribution < -0.4 is 10.1 Å². The summed E-state index contributed by atoms with van der Waals surface area (Å²) in [5.41, 5.74) is -0.468. The number of rotatable bonds is 5. The Bertz CT molecular complexity index is 422. The molecule has 0 aliphatic heterocycles. The Morgan fingerprint density at radius 1 is 1.39 bits per heavy atom. The van der Waals surface area contributed by atoms with Gasteiger partial charge in [0.25, 0.3) is 0 Å². The molecule has 0 saturated carbocycles. The van der Waals surface area contributed by atoms with E-state index in [4.69, 9.17) is 16.3 Å². The molecule has 0 aliphatic rings. The lowest BCUT2D eigenvalue weighted by Gasteiger charge is -2.07. The highest BCUT2D eigenvalue weighted by atomic mass is 35.5. The smallest absolute Gasteiger partial charge is 0.411 e. The molecule has 98 valence electrons. The molecule has 0 aromatic heterocycles. The summed E-state index contributed by atoms with van der Waals surface area (Å²) in [4.78, 5) is 21.9. The lowest BCUT2D eigenvalue weighted by Crippen LogP contribution is -2.14. The molecule has 5 nitrogen and oxygen atoms in total. The molecular formula is C12H14ClNO4. The second-order valence-corrected chi connectivity index (χ2v) is 3.79. The van der Waals surface area contributed by atoms with Gasteiger partial charge in [-0.15, -0.1) is 0 Å². The van der Waals surface area contributed by atoms with E-state index in [9.17, 15) is 9.59 Å². The molecule has 1 aromatic carbocycles. The Morgan fingerprint density at radius 3 is 2.83 bits per heavy atom. The zero-order chi connectivity index (χ0) is 13.4. The molecule has 0 atom stereocenters. The first kappa shape index (κ1) is 14.3. The van der Waals surface area contributed by atoms with Crippen molar-refractivity contribution in [1.29, 1.82) is 0 Å². The second-order valence-electron chi connectivity index (χ2n) is 3.48. The summed E-state index contributed by atoms with van der Waals surface area (Å²) in [6.07, 6.45) is 1.23. The van der Waals surface area contributed by atoms with Crippen molar-refractivity contribution in [1.82, 2.24) is 0 Å². The number of hydrogen-bond acceptors (Lipinski definition) is 4. The van der Waals surface area contributed by atoms with E-state index in [1.807, 2.05) is 6.92 Å². The molecule has 0 saturated heterocycles. The van der Waals surface area contributed by atoms with Crippen LogP contribution in [0.4, 0.5) is 15.3 Å². The number of carbonyl (C=O) groups excluding carboxylic acids is 2. The number of ether oxygens (including phenoxy) is 2. The fraction of sp³-hybridized carbons (Fsp3) is 0.333. The maximum atomic E-state index is 11.4. The summed E-state index contributed by atoms with van der Waals surface area (Å²) in [7, 11) is 0. The van der Waals surface area contributed by atoms with Gasteiger partial charge in [-0.2, -0.15) is 0 Å². The van der Waals surface area contributed by atoms with Gasteiger partial charge in [-0.25, -0.2) is 9.59 Å². The van der Waals surface area contributed by atoms with Gasteiger partial charge in [-0.1, -0.05) is 19.4 Å². The highest BCUT2D eigenvalue weighted by Crippen LogP contribution is 2.18. The van der Waals surface area contributed by atoms with Gasteiger partial charge in [0.05, 0.1) is 6.61 Å². The maximum Gasteiger partial charge on any atom is 0.411 e. The van der Waals surface area contributed by atoms with Crippen LogP contribution in [0.5, 0.6) is 5.75 Å². The molecule has 0 unspecified atom stereocenters. The molecule has 6 heteroatoms. The Hall–Kier alpha value is -1.75.